The van der Waals surface area contributed by atoms with Crippen molar-refractivity contribution < 1.29 is 0 Å². The van der Waals surface area contributed by atoms with Gasteiger partial charge in [0.05, 0.1) is 18.1 Å². The lowest BCUT2D eigenvalue weighted by atomic mass is 9.98. The summed E-state index contributed by atoms with van der Waals surface area (Å²) in [5.41, 5.74) is 7.37. The van der Waals surface area contributed by atoms with Gasteiger partial charge in [-0.05, 0) is 52.1 Å². The van der Waals surface area contributed by atoms with E-state index in [2.05, 4.69) is 35.2 Å². The monoisotopic (exact) mass is 278 g/mol. The van der Waals surface area contributed by atoms with Gasteiger partial charge in [0, 0.05) is 18.8 Å². The Morgan fingerprint density at radius 3 is 2.80 bits per heavy atom. The van der Waals surface area contributed by atoms with Gasteiger partial charge in [-0.3, -0.25) is 4.90 Å². The van der Waals surface area contributed by atoms with Crippen molar-refractivity contribution in [1.29, 1.82) is 0 Å². The number of hydrogen-bond acceptors (Lipinski definition) is 3. The van der Waals surface area contributed by atoms with Gasteiger partial charge in [0.2, 0.25) is 0 Å². The predicted molar refractivity (Wildman–Crippen MR) is 83.6 cm³/mol. The summed E-state index contributed by atoms with van der Waals surface area (Å²) in [6.07, 6.45) is 9.22. The zero-order valence-electron chi connectivity index (χ0n) is 13.3. The summed E-state index contributed by atoms with van der Waals surface area (Å²) in [6, 6.07) is 0.757. The van der Waals surface area contributed by atoms with E-state index < -0.39 is 0 Å². The van der Waals surface area contributed by atoms with Gasteiger partial charge < -0.3 is 10.3 Å². The average Bonchev–Trinajstić information content (AvgIpc) is 2.79. The largest absolute Gasteiger partial charge is 0.331 e. The molecule has 1 aliphatic heterocycles. The van der Waals surface area contributed by atoms with Crippen molar-refractivity contribution in [1.82, 2.24) is 14.5 Å². The maximum Gasteiger partial charge on any atom is 0.0951 e. The second-order valence-corrected chi connectivity index (χ2v) is 6.31. The van der Waals surface area contributed by atoms with Crippen molar-refractivity contribution in [2.45, 2.75) is 58.5 Å². The van der Waals surface area contributed by atoms with Crippen LogP contribution in [0.5, 0.6) is 0 Å². The van der Waals surface area contributed by atoms with Crippen LogP contribution in [0.2, 0.25) is 0 Å². The van der Waals surface area contributed by atoms with Gasteiger partial charge in [0.1, 0.15) is 0 Å². The van der Waals surface area contributed by atoms with Gasteiger partial charge in [-0.25, -0.2) is 4.98 Å². The highest BCUT2D eigenvalue weighted by Crippen LogP contribution is 2.27. The Labute approximate surface area is 123 Å². The van der Waals surface area contributed by atoms with Gasteiger partial charge in [-0.1, -0.05) is 13.3 Å². The molecule has 1 aromatic rings. The number of imidazole rings is 1. The second kappa shape index (κ2) is 7.23. The van der Waals surface area contributed by atoms with Crippen LogP contribution < -0.4 is 5.73 Å². The highest BCUT2D eigenvalue weighted by atomic mass is 15.2. The fourth-order valence-electron chi connectivity index (χ4n) is 3.37. The van der Waals surface area contributed by atoms with Gasteiger partial charge in [0.25, 0.3) is 0 Å². The molecule has 2 unspecified atom stereocenters. The molecule has 0 aliphatic carbocycles. The lowest BCUT2D eigenvalue weighted by Crippen LogP contribution is -2.36. The Hall–Kier alpha value is -0.870. The molecule has 20 heavy (non-hydrogen) atoms. The van der Waals surface area contributed by atoms with Crippen LogP contribution in [0.15, 0.2) is 12.5 Å². The minimum Gasteiger partial charge on any atom is -0.331 e. The van der Waals surface area contributed by atoms with Crippen molar-refractivity contribution in [3.63, 3.8) is 0 Å². The van der Waals surface area contributed by atoms with E-state index in [4.69, 9.17) is 5.73 Å². The average molecular weight is 278 g/mol. The van der Waals surface area contributed by atoms with Crippen LogP contribution in [0.1, 0.15) is 64.2 Å². The maximum atomic E-state index is 6.10. The molecule has 2 rings (SSSR count). The van der Waals surface area contributed by atoms with Crippen molar-refractivity contribution in [2.75, 3.05) is 19.6 Å². The minimum absolute atomic E-state index is 0.315. The van der Waals surface area contributed by atoms with Crippen LogP contribution >= 0.6 is 0 Å². The second-order valence-electron chi connectivity index (χ2n) is 6.31. The Kier molecular flexibility index (Phi) is 5.61. The molecule has 1 saturated heterocycles. The first-order valence-corrected chi connectivity index (χ1v) is 8.13. The first-order chi connectivity index (χ1) is 9.67. The molecular formula is C16H30N4. The number of rotatable bonds is 5. The molecule has 114 valence electrons. The molecule has 4 nitrogen and oxygen atoms in total. The zero-order valence-corrected chi connectivity index (χ0v) is 13.3. The Morgan fingerprint density at radius 1 is 1.35 bits per heavy atom. The number of hydrogen-bond donors (Lipinski definition) is 1. The Morgan fingerprint density at radius 2 is 2.15 bits per heavy atom. The molecule has 1 fully saturated rings. The topological polar surface area (TPSA) is 47.1 Å². The maximum absolute atomic E-state index is 6.10. The normalized spacial score (nSPS) is 22.9. The number of likely N-dealkylation sites (tertiary alicyclic amines) is 1. The molecule has 2 heterocycles. The quantitative estimate of drug-likeness (QED) is 0.900. The smallest absolute Gasteiger partial charge is 0.0951 e. The van der Waals surface area contributed by atoms with Gasteiger partial charge in [-0.2, -0.15) is 0 Å². The van der Waals surface area contributed by atoms with Gasteiger partial charge in [-0.15, -0.1) is 0 Å². The summed E-state index contributed by atoms with van der Waals surface area (Å²) in [7, 11) is 0. The number of nitrogens with two attached hydrogens (primary N) is 1. The summed E-state index contributed by atoms with van der Waals surface area (Å²) >= 11 is 0. The third kappa shape index (κ3) is 3.41. The molecule has 0 spiro atoms. The standard InChI is InChI=1S/C16H30N4/c1-4-14-6-5-8-19(9-7-14)15(10-17)16-11-18-12-20(16)13(2)3/h11-15H,4-10,17H2,1-3H3. The molecule has 0 radical (unpaired) electrons. The van der Waals surface area contributed by atoms with Crippen molar-refractivity contribution in [3.05, 3.63) is 18.2 Å². The molecule has 2 N–H and O–H groups in total. The highest BCUT2D eigenvalue weighted by molar-refractivity contribution is 5.08. The first kappa shape index (κ1) is 15.5. The fraction of sp³-hybridized carbons (Fsp3) is 0.812. The number of aromatic nitrogens is 2. The summed E-state index contributed by atoms with van der Waals surface area (Å²) in [5, 5.41) is 0. The third-order valence-corrected chi connectivity index (χ3v) is 4.72. The molecular weight excluding hydrogens is 248 g/mol. The van der Waals surface area contributed by atoms with E-state index in [0.29, 0.717) is 18.6 Å². The van der Waals surface area contributed by atoms with Gasteiger partial charge >= 0.3 is 0 Å². The lowest BCUT2D eigenvalue weighted by Gasteiger charge is -2.31. The molecule has 4 heteroatoms. The molecule has 0 saturated carbocycles. The van der Waals surface area contributed by atoms with E-state index in [1.54, 1.807) is 0 Å². The Balaban J connectivity index is 2.13. The minimum atomic E-state index is 0.315. The van der Waals surface area contributed by atoms with Crippen LogP contribution in [0.25, 0.3) is 0 Å². The van der Waals surface area contributed by atoms with Crippen molar-refractivity contribution >= 4 is 0 Å². The predicted octanol–water partition coefficient (Wildman–Crippen LogP) is 2.98. The van der Waals surface area contributed by atoms with E-state index in [-0.39, 0.29) is 0 Å². The molecule has 2 atom stereocenters. The summed E-state index contributed by atoms with van der Waals surface area (Å²) in [4.78, 5) is 6.92. The summed E-state index contributed by atoms with van der Waals surface area (Å²) in [5.74, 6) is 0.897. The Bertz CT molecular complexity index is 399. The molecule has 1 aromatic heterocycles. The number of nitrogens with zero attached hydrogens (tertiary/aromatic N) is 3. The van der Waals surface area contributed by atoms with Gasteiger partial charge in [0.15, 0.2) is 0 Å². The van der Waals surface area contributed by atoms with E-state index in [9.17, 15) is 0 Å². The van der Waals surface area contributed by atoms with Crippen LogP contribution in [-0.4, -0.2) is 34.1 Å². The van der Waals surface area contributed by atoms with Crippen LogP contribution in [0, 0.1) is 5.92 Å². The summed E-state index contributed by atoms with van der Waals surface area (Å²) in [6.45, 7) is 9.73. The molecule has 0 bridgehead atoms. The molecule has 0 amide bonds. The van der Waals surface area contributed by atoms with Crippen LogP contribution in [0.3, 0.4) is 0 Å². The van der Waals surface area contributed by atoms with E-state index in [1.165, 1.54) is 44.5 Å². The van der Waals surface area contributed by atoms with Crippen LogP contribution in [-0.2, 0) is 0 Å². The van der Waals surface area contributed by atoms with Crippen molar-refractivity contribution in [2.24, 2.45) is 11.7 Å². The van der Waals surface area contributed by atoms with E-state index >= 15 is 0 Å². The zero-order chi connectivity index (χ0) is 14.5. The highest BCUT2D eigenvalue weighted by Gasteiger charge is 2.25. The van der Waals surface area contributed by atoms with Crippen molar-refractivity contribution in [3.8, 4) is 0 Å². The SMILES string of the molecule is CCC1CCCN(C(CN)c2cncn2C(C)C)CC1. The van der Waals surface area contributed by atoms with Crippen LogP contribution in [0.4, 0.5) is 0 Å². The molecule has 1 aliphatic rings. The third-order valence-electron chi connectivity index (χ3n) is 4.72. The van der Waals surface area contributed by atoms with E-state index in [1.807, 2.05) is 12.5 Å². The lowest BCUT2D eigenvalue weighted by molar-refractivity contribution is 0.197. The summed E-state index contributed by atoms with van der Waals surface area (Å²) < 4.78 is 2.26. The molecule has 0 aromatic carbocycles. The fourth-order valence-corrected chi connectivity index (χ4v) is 3.37. The first-order valence-electron chi connectivity index (χ1n) is 8.13. The van der Waals surface area contributed by atoms with E-state index in [0.717, 1.165) is 5.92 Å².